The molecule has 2 saturated heterocycles. The smallest absolute Gasteiger partial charge is 0.254 e. The van der Waals surface area contributed by atoms with E-state index in [2.05, 4.69) is 5.32 Å². The lowest BCUT2D eigenvalue weighted by molar-refractivity contribution is -0.173. The standard InChI is InChI=1S/C13H22N2O9/c16-5-4-3-14-1-2-15(4)13(24)12(23)11(22)10(21)9(20)8(19)7(18)6(5)17/h4,6-12,14,17-23H,1-3H2. The van der Waals surface area contributed by atoms with Crippen molar-refractivity contribution in [3.05, 3.63) is 0 Å². The van der Waals surface area contributed by atoms with Gasteiger partial charge in [-0.15, -0.1) is 0 Å². The van der Waals surface area contributed by atoms with Crippen molar-refractivity contribution < 1.29 is 45.3 Å². The number of piperazine rings is 1. The molecule has 0 bridgehead atoms. The molecular formula is C13H22N2O9. The molecule has 11 nitrogen and oxygen atoms in total. The Labute approximate surface area is 136 Å². The van der Waals surface area contributed by atoms with Crippen molar-refractivity contribution in [2.75, 3.05) is 19.6 Å². The second-order valence-electron chi connectivity index (χ2n) is 6.00. The van der Waals surface area contributed by atoms with Crippen LogP contribution in [0.4, 0.5) is 0 Å². The average molecular weight is 350 g/mol. The summed E-state index contributed by atoms with van der Waals surface area (Å²) in [6.07, 6.45) is -15.3. The van der Waals surface area contributed by atoms with Crippen LogP contribution in [0.1, 0.15) is 0 Å². The quantitative estimate of drug-likeness (QED) is 0.208. The van der Waals surface area contributed by atoms with Crippen molar-refractivity contribution in [3.63, 3.8) is 0 Å². The average Bonchev–Trinajstić information content (AvgIpc) is 2.61. The summed E-state index contributed by atoms with van der Waals surface area (Å²) in [7, 11) is 0. The van der Waals surface area contributed by atoms with Crippen LogP contribution in [0.3, 0.4) is 0 Å². The first-order chi connectivity index (χ1) is 11.2. The molecule has 2 rings (SSSR count). The van der Waals surface area contributed by atoms with Gasteiger partial charge < -0.3 is 46.0 Å². The number of fused-ring (bicyclic) bond motifs is 1. The van der Waals surface area contributed by atoms with Crippen LogP contribution in [-0.2, 0) is 9.59 Å². The number of amides is 1. The molecule has 0 radical (unpaired) electrons. The lowest BCUT2D eigenvalue weighted by Crippen LogP contribution is -2.63. The summed E-state index contributed by atoms with van der Waals surface area (Å²) in [5.41, 5.74) is 0. The zero-order chi connectivity index (χ0) is 18.2. The fourth-order valence-corrected chi connectivity index (χ4v) is 2.88. The third-order valence-corrected chi connectivity index (χ3v) is 4.45. The van der Waals surface area contributed by atoms with E-state index in [1.807, 2.05) is 0 Å². The van der Waals surface area contributed by atoms with Crippen LogP contribution in [0, 0.1) is 0 Å². The molecule has 1 amide bonds. The lowest BCUT2D eigenvalue weighted by atomic mass is 9.92. The minimum Gasteiger partial charge on any atom is -0.387 e. The van der Waals surface area contributed by atoms with E-state index in [0.29, 0.717) is 0 Å². The van der Waals surface area contributed by atoms with Crippen LogP contribution in [0.5, 0.6) is 0 Å². The number of carbonyl (C=O) groups excluding carboxylic acids is 2. The molecular weight excluding hydrogens is 328 g/mol. The highest BCUT2D eigenvalue weighted by molar-refractivity contribution is 5.94. The van der Waals surface area contributed by atoms with E-state index in [9.17, 15) is 45.3 Å². The zero-order valence-corrected chi connectivity index (χ0v) is 12.6. The summed E-state index contributed by atoms with van der Waals surface area (Å²) < 4.78 is 0. The molecule has 8 N–H and O–H groups in total. The van der Waals surface area contributed by atoms with Gasteiger partial charge in [-0.05, 0) is 0 Å². The van der Waals surface area contributed by atoms with Crippen LogP contribution in [0.15, 0.2) is 0 Å². The Morgan fingerprint density at radius 3 is 1.88 bits per heavy atom. The summed E-state index contributed by atoms with van der Waals surface area (Å²) >= 11 is 0. The summed E-state index contributed by atoms with van der Waals surface area (Å²) in [4.78, 5) is 25.6. The summed E-state index contributed by atoms with van der Waals surface area (Å²) in [6, 6.07) is -1.25. The van der Waals surface area contributed by atoms with Crippen LogP contribution in [0.25, 0.3) is 0 Å². The Bertz CT molecular complexity index is 448. The molecule has 2 heterocycles. The second-order valence-corrected chi connectivity index (χ2v) is 6.00. The number of ketones is 1. The normalized spacial score (nSPS) is 45.5. The Kier molecular flexibility index (Phi) is 5.88. The number of rotatable bonds is 0. The van der Waals surface area contributed by atoms with Crippen LogP contribution in [0.2, 0.25) is 0 Å². The van der Waals surface area contributed by atoms with Crippen molar-refractivity contribution in [1.29, 1.82) is 0 Å². The van der Waals surface area contributed by atoms with E-state index in [4.69, 9.17) is 0 Å². The van der Waals surface area contributed by atoms with Gasteiger partial charge in [-0.1, -0.05) is 0 Å². The number of hydrogen-bond acceptors (Lipinski definition) is 10. The number of nitrogens with zero attached hydrogens (tertiary/aromatic N) is 1. The Morgan fingerprint density at radius 2 is 1.29 bits per heavy atom. The highest BCUT2D eigenvalue weighted by atomic mass is 16.4. The second kappa shape index (κ2) is 7.37. The highest BCUT2D eigenvalue weighted by Gasteiger charge is 2.48. The number of carbonyl (C=O) groups is 2. The number of hydrogen-bond donors (Lipinski definition) is 8. The van der Waals surface area contributed by atoms with Gasteiger partial charge in [0, 0.05) is 19.6 Å². The van der Waals surface area contributed by atoms with Crippen molar-refractivity contribution in [3.8, 4) is 0 Å². The Hall–Kier alpha value is -1.18. The Balaban J connectivity index is 2.43. The molecule has 138 valence electrons. The number of Topliss-reactive ketones (excluding diaryl/α,β-unsaturated/α-hetero) is 1. The maximum absolute atomic E-state index is 12.3. The number of aliphatic hydroxyl groups is 7. The molecule has 8 atom stereocenters. The topological polar surface area (TPSA) is 191 Å². The molecule has 2 fully saturated rings. The predicted octanol–water partition coefficient (Wildman–Crippen LogP) is -6.10. The molecule has 2 aliphatic heterocycles. The van der Waals surface area contributed by atoms with Gasteiger partial charge in [-0.25, -0.2) is 0 Å². The van der Waals surface area contributed by atoms with E-state index in [1.165, 1.54) is 0 Å². The molecule has 11 heteroatoms. The van der Waals surface area contributed by atoms with Gasteiger partial charge >= 0.3 is 0 Å². The number of aliphatic hydroxyl groups excluding tert-OH is 7. The van der Waals surface area contributed by atoms with Gasteiger partial charge in [0.15, 0.2) is 11.9 Å². The first-order valence-electron chi connectivity index (χ1n) is 7.50. The van der Waals surface area contributed by atoms with Crippen molar-refractivity contribution >= 4 is 11.7 Å². The van der Waals surface area contributed by atoms with E-state index >= 15 is 0 Å². The third-order valence-electron chi connectivity index (χ3n) is 4.45. The van der Waals surface area contributed by atoms with E-state index in [-0.39, 0.29) is 19.6 Å². The van der Waals surface area contributed by atoms with Gasteiger partial charge in [0.2, 0.25) is 0 Å². The maximum atomic E-state index is 12.3. The molecule has 8 unspecified atom stereocenters. The van der Waals surface area contributed by atoms with Crippen molar-refractivity contribution in [2.45, 2.75) is 48.8 Å². The van der Waals surface area contributed by atoms with E-state index < -0.39 is 60.5 Å². The van der Waals surface area contributed by atoms with E-state index in [0.717, 1.165) is 4.90 Å². The minimum absolute atomic E-state index is 0.0248. The fourth-order valence-electron chi connectivity index (χ4n) is 2.88. The summed E-state index contributed by atoms with van der Waals surface area (Å²) in [5, 5.41) is 71.8. The van der Waals surface area contributed by atoms with Crippen LogP contribution in [-0.4, -0.2) is 121 Å². The van der Waals surface area contributed by atoms with Gasteiger partial charge in [-0.2, -0.15) is 0 Å². The van der Waals surface area contributed by atoms with Crippen LogP contribution >= 0.6 is 0 Å². The van der Waals surface area contributed by atoms with Gasteiger partial charge in [0.25, 0.3) is 5.91 Å². The summed E-state index contributed by atoms with van der Waals surface area (Å²) in [5.74, 6) is -2.08. The first-order valence-corrected chi connectivity index (χ1v) is 7.50. The largest absolute Gasteiger partial charge is 0.387 e. The molecule has 0 spiro atoms. The zero-order valence-electron chi connectivity index (χ0n) is 12.6. The van der Waals surface area contributed by atoms with Crippen molar-refractivity contribution in [1.82, 2.24) is 10.2 Å². The molecule has 0 saturated carbocycles. The lowest BCUT2D eigenvalue weighted by Gasteiger charge is -2.38. The molecule has 24 heavy (non-hydrogen) atoms. The molecule has 2 aliphatic rings. The van der Waals surface area contributed by atoms with E-state index in [1.54, 1.807) is 0 Å². The maximum Gasteiger partial charge on any atom is 0.254 e. The van der Waals surface area contributed by atoms with Gasteiger partial charge in [0.05, 0.1) is 0 Å². The highest BCUT2D eigenvalue weighted by Crippen LogP contribution is 2.19. The molecule has 0 aromatic heterocycles. The van der Waals surface area contributed by atoms with Gasteiger partial charge in [-0.3, -0.25) is 9.59 Å². The first kappa shape index (κ1) is 19.1. The number of nitrogens with one attached hydrogen (secondary N) is 1. The third kappa shape index (κ3) is 3.30. The fraction of sp³-hybridized carbons (Fsp3) is 0.846. The monoisotopic (exact) mass is 350 g/mol. The molecule has 0 aliphatic carbocycles. The SMILES string of the molecule is O=C1C(O)C(O)C(O)C(O)C(O)C(O)C(O)C(=O)N2CCNCC12. The predicted molar refractivity (Wildman–Crippen MR) is 75.4 cm³/mol. The van der Waals surface area contributed by atoms with Gasteiger partial charge in [0.1, 0.15) is 42.7 Å². The molecule has 0 aromatic rings. The van der Waals surface area contributed by atoms with Crippen LogP contribution < -0.4 is 5.32 Å². The minimum atomic E-state index is -2.21. The molecule has 0 aromatic carbocycles. The Morgan fingerprint density at radius 1 is 0.792 bits per heavy atom. The van der Waals surface area contributed by atoms with Crippen molar-refractivity contribution in [2.24, 2.45) is 0 Å². The summed E-state index contributed by atoms with van der Waals surface area (Å²) in [6.45, 7) is 0.187.